The van der Waals surface area contributed by atoms with Gasteiger partial charge in [-0.2, -0.15) is 4.98 Å². The molecule has 2 aromatic carbocycles. The normalized spacial score (nSPS) is 10.6. The molecule has 0 atom stereocenters. The average Bonchev–Trinajstić information content (AvgIpc) is 3.09. The molecule has 5 heteroatoms. The third-order valence-electron chi connectivity index (χ3n) is 3.70. The lowest BCUT2D eigenvalue weighted by Gasteiger charge is -2.02. The molecule has 0 unspecified atom stereocenters. The number of hydrogen-bond donors (Lipinski definition) is 0. The summed E-state index contributed by atoms with van der Waals surface area (Å²) in [5.74, 6) is 0.339. The third-order valence-corrected chi connectivity index (χ3v) is 3.70. The number of carbonyl (C=O) groups excluding carboxylic acids is 1. The van der Waals surface area contributed by atoms with E-state index in [9.17, 15) is 4.79 Å². The molecule has 3 rings (SSSR count). The molecule has 0 aliphatic rings. The van der Waals surface area contributed by atoms with Crippen LogP contribution in [0, 0.1) is 6.92 Å². The fourth-order valence-corrected chi connectivity index (χ4v) is 2.22. The molecule has 3 aromatic rings. The highest BCUT2D eigenvalue weighted by Crippen LogP contribution is 2.17. The number of esters is 1. The van der Waals surface area contributed by atoms with Crippen LogP contribution in [0.3, 0.4) is 0 Å². The maximum absolute atomic E-state index is 12.0. The number of nitrogens with zero attached hydrogens (tertiary/aromatic N) is 2. The Labute approximate surface area is 140 Å². The second-order valence-electron chi connectivity index (χ2n) is 5.50. The van der Waals surface area contributed by atoms with Crippen molar-refractivity contribution in [1.29, 1.82) is 0 Å². The van der Waals surface area contributed by atoms with Crippen molar-refractivity contribution in [1.82, 2.24) is 10.1 Å². The summed E-state index contributed by atoms with van der Waals surface area (Å²) < 4.78 is 10.3. The van der Waals surface area contributed by atoms with E-state index in [0.717, 1.165) is 17.5 Å². The predicted molar refractivity (Wildman–Crippen MR) is 89.4 cm³/mol. The second-order valence-corrected chi connectivity index (χ2v) is 5.50. The number of benzene rings is 2. The lowest BCUT2D eigenvalue weighted by Crippen LogP contribution is -2.05. The van der Waals surface area contributed by atoms with Crippen LogP contribution in [0.15, 0.2) is 53.1 Å². The zero-order chi connectivity index (χ0) is 16.9. The SMILES string of the molecule is CCc1ccc(-c2noc(COC(=O)c3ccc(C)cc3)n2)cc1. The summed E-state index contributed by atoms with van der Waals surface area (Å²) >= 11 is 0. The van der Waals surface area contributed by atoms with Gasteiger partial charge in [0.15, 0.2) is 6.61 Å². The Hall–Kier alpha value is -2.95. The molecule has 0 N–H and O–H groups in total. The monoisotopic (exact) mass is 322 g/mol. The first-order valence-corrected chi connectivity index (χ1v) is 7.81. The van der Waals surface area contributed by atoms with Crippen LogP contribution in [-0.2, 0) is 17.8 Å². The molecule has 0 fully saturated rings. The van der Waals surface area contributed by atoms with E-state index in [1.54, 1.807) is 12.1 Å². The summed E-state index contributed by atoms with van der Waals surface area (Å²) in [5.41, 5.74) is 3.69. The standard InChI is InChI=1S/C19H18N2O3/c1-3-14-6-10-15(11-7-14)18-20-17(24-21-18)12-23-19(22)16-8-4-13(2)5-9-16/h4-11H,3,12H2,1-2H3. The molecule has 122 valence electrons. The zero-order valence-electron chi connectivity index (χ0n) is 13.7. The van der Waals surface area contributed by atoms with Crippen molar-refractivity contribution in [2.45, 2.75) is 26.9 Å². The molecular formula is C19H18N2O3. The Balaban J connectivity index is 1.63. The van der Waals surface area contributed by atoms with E-state index in [4.69, 9.17) is 9.26 Å². The molecule has 0 aliphatic heterocycles. The molecule has 0 saturated heterocycles. The van der Waals surface area contributed by atoms with Gasteiger partial charge < -0.3 is 9.26 Å². The Bertz CT molecular complexity index is 821. The first kappa shape index (κ1) is 15.9. The van der Waals surface area contributed by atoms with Gasteiger partial charge in [-0.25, -0.2) is 4.79 Å². The summed E-state index contributed by atoms with van der Waals surface area (Å²) in [6, 6.07) is 15.1. The van der Waals surface area contributed by atoms with Gasteiger partial charge in [0.1, 0.15) is 0 Å². The van der Waals surface area contributed by atoms with Gasteiger partial charge in [0.25, 0.3) is 5.89 Å². The van der Waals surface area contributed by atoms with Gasteiger partial charge in [-0.05, 0) is 31.0 Å². The summed E-state index contributed by atoms with van der Waals surface area (Å²) in [4.78, 5) is 16.2. The number of aromatic nitrogens is 2. The van der Waals surface area contributed by atoms with Crippen molar-refractivity contribution in [2.24, 2.45) is 0 Å². The summed E-state index contributed by atoms with van der Waals surface area (Å²) in [6.45, 7) is 4.01. The average molecular weight is 322 g/mol. The molecule has 0 radical (unpaired) electrons. The summed E-state index contributed by atoms with van der Waals surface area (Å²) in [6.07, 6.45) is 0.979. The molecule has 0 bridgehead atoms. The molecule has 1 heterocycles. The van der Waals surface area contributed by atoms with Crippen molar-refractivity contribution in [3.05, 3.63) is 71.1 Å². The van der Waals surface area contributed by atoms with Crippen molar-refractivity contribution in [3.63, 3.8) is 0 Å². The quantitative estimate of drug-likeness (QED) is 0.665. The van der Waals surface area contributed by atoms with E-state index in [0.29, 0.717) is 11.4 Å². The smallest absolute Gasteiger partial charge is 0.338 e. The van der Waals surface area contributed by atoms with Gasteiger partial charge in [-0.15, -0.1) is 0 Å². The fraction of sp³-hybridized carbons (Fsp3) is 0.211. The van der Waals surface area contributed by atoms with Crippen LogP contribution in [0.2, 0.25) is 0 Å². The van der Waals surface area contributed by atoms with Crippen molar-refractivity contribution < 1.29 is 14.1 Å². The topological polar surface area (TPSA) is 65.2 Å². The highest BCUT2D eigenvalue weighted by molar-refractivity contribution is 5.89. The van der Waals surface area contributed by atoms with Crippen molar-refractivity contribution in [3.8, 4) is 11.4 Å². The van der Waals surface area contributed by atoms with Gasteiger partial charge in [0.05, 0.1) is 5.56 Å². The molecule has 0 spiro atoms. The molecule has 0 saturated carbocycles. The number of ether oxygens (including phenoxy) is 1. The molecule has 0 amide bonds. The Morgan fingerprint density at radius 2 is 1.79 bits per heavy atom. The van der Waals surface area contributed by atoms with Crippen LogP contribution < -0.4 is 0 Å². The third kappa shape index (κ3) is 3.68. The van der Waals surface area contributed by atoms with Gasteiger partial charge >= 0.3 is 5.97 Å². The maximum atomic E-state index is 12.0. The first-order valence-electron chi connectivity index (χ1n) is 7.81. The zero-order valence-corrected chi connectivity index (χ0v) is 13.7. The van der Waals surface area contributed by atoms with Crippen molar-refractivity contribution >= 4 is 5.97 Å². The van der Waals surface area contributed by atoms with Crippen LogP contribution in [0.4, 0.5) is 0 Å². The molecule has 5 nitrogen and oxygen atoms in total. The van der Waals surface area contributed by atoms with Crippen LogP contribution in [-0.4, -0.2) is 16.1 Å². The van der Waals surface area contributed by atoms with E-state index in [1.165, 1.54) is 5.56 Å². The number of hydrogen-bond acceptors (Lipinski definition) is 5. The number of carbonyl (C=O) groups is 1. The highest BCUT2D eigenvalue weighted by Gasteiger charge is 2.12. The highest BCUT2D eigenvalue weighted by atomic mass is 16.6. The Morgan fingerprint density at radius 1 is 1.08 bits per heavy atom. The van der Waals surface area contributed by atoms with Gasteiger partial charge in [-0.1, -0.05) is 54.0 Å². The van der Waals surface area contributed by atoms with E-state index in [2.05, 4.69) is 17.1 Å². The molecular weight excluding hydrogens is 304 g/mol. The van der Waals surface area contributed by atoms with Gasteiger partial charge in [-0.3, -0.25) is 0 Å². The molecule has 24 heavy (non-hydrogen) atoms. The second kappa shape index (κ2) is 7.08. The minimum atomic E-state index is -0.415. The minimum Gasteiger partial charge on any atom is -0.452 e. The molecule has 0 aliphatic carbocycles. The van der Waals surface area contributed by atoms with E-state index in [-0.39, 0.29) is 12.5 Å². The lowest BCUT2D eigenvalue weighted by molar-refractivity contribution is 0.0430. The van der Waals surface area contributed by atoms with Crippen LogP contribution in [0.5, 0.6) is 0 Å². The first-order chi connectivity index (χ1) is 11.7. The lowest BCUT2D eigenvalue weighted by atomic mass is 10.1. The van der Waals surface area contributed by atoms with Gasteiger partial charge in [0, 0.05) is 5.56 Å². The van der Waals surface area contributed by atoms with E-state index in [1.807, 2.05) is 43.3 Å². The number of rotatable bonds is 5. The van der Waals surface area contributed by atoms with E-state index >= 15 is 0 Å². The Morgan fingerprint density at radius 3 is 2.46 bits per heavy atom. The molecule has 1 aromatic heterocycles. The van der Waals surface area contributed by atoms with E-state index < -0.39 is 5.97 Å². The van der Waals surface area contributed by atoms with Crippen LogP contribution >= 0.6 is 0 Å². The predicted octanol–water partition coefficient (Wildman–Crippen LogP) is 3.96. The minimum absolute atomic E-state index is 0.0489. The maximum Gasteiger partial charge on any atom is 0.338 e. The summed E-state index contributed by atoms with van der Waals surface area (Å²) in [7, 11) is 0. The number of aryl methyl sites for hydroxylation is 2. The Kier molecular flexibility index (Phi) is 4.70. The van der Waals surface area contributed by atoms with Crippen molar-refractivity contribution in [2.75, 3.05) is 0 Å². The summed E-state index contributed by atoms with van der Waals surface area (Å²) in [5, 5.41) is 3.93. The largest absolute Gasteiger partial charge is 0.452 e. The van der Waals surface area contributed by atoms with Gasteiger partial charge in [0.2, 0.25) is 5.82 Å². The fourth-order valence-electron chi connectivity index (χ4n) is 2.22. The van der Waals surface area contributed by atoms with Crippen LogP contribution in [0.25, 0.3) is 11.4 Å². The van der Waals surface area contributed by atoms with Crippen LogP contribution in [0.1, 0.15) is 34.3 Å².